The molecule has 9 heteroatoms. The zero-order valence-corrected chi connectivity index (χ0v) is 15.3. The molecule has 26 heavy (non-hydrogen) atoms. The van der Waals surface area contributed by atoms with Gasteiger partial charge in [-0.15, -0.1) is 11.8 Å². The fraction of sp³-hybridized carbons (Fsp3) is 0.176. The number of amides is 1. The molecule has 0 aliphatic carbocycles. The molecule has 2 rings (SSSR count). The van der Waals surface area contributed by atoms with E-state index in [4.69, 9.17) is 16.3 Å². The fourth-order valence-corrected chi connectivity index (χ4v) is 2.95. The highest BCUT2D eigenvalue weighted by Crippen LogP contribution is 2.26. The second kappa shape index (κ2) is 9.21. The Morgan fingerprint density at radius 2 is 2.00 bits per heavy atom. The van der Waals surface area contributed by atoms with Crippen LogP contribution in [0.3, 0.4) is 0 Å². The highest BCUT2D eigenvalue weighted by Gasteiger charge is 2.19. The molecule has 0 aromatic heterocycles. The second-order valence-electron chi connectivity index (χ2n) is 5.15. The Labute approximate surface area is 158 Å². The van der Waals surface area contributed by atoms with Crippen LogP contribution in [0.4, 0.5) is 11.4 Å². The first-order valence-corrected chi connectivity index (χ1v) is 8.85. The van der Waals surface area contributed by atoms with Crippen molar-refractivity contribution in [3.8, 4) is 0 Å². The maximum absolute atomic E-state index is 12.1. The maximum atomic E-state index is 12.1. The number of nitro groups is 1. The molecule has 0 spiro atoms. The van der Waals surface area contributed by atoms with Crippen LogP contribution >= 0.6 is 23.4 Å². The molecule has 0 aliphatic heterocycles. The lowest BCUT2D eigenvalue weighted by Crippen LogP contribution is -2.30. The number of anilines is 1. The first-order valence-electron chi connectivity index (χ1n) is 7.49. The van der Waals surface area contributed by atoms with Crippen molar-refractivity contribution in [1.82, 2.24) is 0 Å². The van der Waals surface area contributed by atoms with Crippen molar-refractivity contribution in [3.05, 3.63) is 63.7 Å². The van der Waals surface area contributed by atoms with E-state index in [-0.39, 0.29) is 17.1 Å². The van der Waals surface area contributed by atoms with Gasteiger partial charge in [0.05, 0.1) is 15.7 Å². The van der Waals surface area contributed by atoms with Crippen LogP contribution < -0.4 is 5.32 Å². The third kappa shape index (κ3) is 5.75. The van der Waals surface area contributed by atoms with E-state index in [1.807, 2.05) is 0 Å². The standard InChI is InChI=1S/C17H15ClN2O5S/c1-11(17(22)19-12-5-4-6-13(9-12)20(23)24)25-16(21)10-26-15-8-3-2-7-14(15)18/h2-9,11H,10H2,1H3,(H,19,22). The number of nitrogens with one attached hydrogen (secondary N) is 1. The summed E-state index contributed by atoms with van der Waals surface area (Å²) in [7, 11) is 0. The minimum absolute atomic E-state index is 0.00182. The smallest absolute Gasteiger partial charge is 0.317 e. The van der Waals surface area contributed by atoms with Crippen molar-refractivity contribution in [2.45, 2.75) is 17.9 Å². The number of halogens is 1. The third-order valence-electron chi connectivity index (χ3n) is 3.18. The van der Waals surface area contributed by atoms with E-state index in [0.717, 1.165) is 4.90 Å². The molecule has 0 saturated heterocycles. The average Bonchev–Trinajstić information content (AvgIpc) is 2.61. The van der Waals surface area contributed by atoms with E-state index in [1.165, 1.54) is 43.0 Å². The number of non-ortho nitro benzene ring substituents is 1. The van der Waals surface area contributed by atoms with Gasteiger partial charge in [0.1, 0.15) is 0 Å². The number of ether oxygens (including phenoxy) is 1. The van der Waals surface area contributed by atoms with E-state index in [2.05, 4.69) is 5.32 Å². The first-order chi connectivity index (χ1) is 12.4. The number of benzene rings is 2. The van der Waals surface area contributed by atoms with Crippen LogP contribution in [0.2, 0.25) is 5.02 Å². The number of nitrogens with zero attached hydrogens (tertiary/aromatic N) is 1. The Balaban J connectivity index is 1.86. The van der Waals surface area contributed by atoms with Crippen molar-refractivity contribution in [2.75, 3.05) is 11.1 Å². The average molecular weight is 395 g/mol. The summed E-state index contributed by atoms with van der Waals surface area (Å²) in [6, 6.07) is 12.6. The van der Waals surface area contributed by atoms with Gasteiger partial charge in [0.25, 0.3) is 11.6 Å². The summed E-state index contributed by atoms with van der Waals surface area (Å²) in [6.45, 7) is 1.42. The number of esters is 1. The normalized spacial score (nSPS) is 11.5. The molecule has 0 radical (unpaired) electrons. The summed E-state index contributed by atoms with van der Waals surface area (Å²) in [5, 5.41) is 13.7. The van der Waals surface area contributed by atoms with E-state index >= 15 is 0 Å². The molecule has 1 N–H and O–H groups in total. The number of carbonyl (C=O) groups excluding carboxylic acids is 2. The molecule has 0 fully saturated rings. The zero-order chi connectivity index (χ0) is 19.1. The van der Waals surface area contributed by atoms with Gasteiger partial charge in [-0.3, -0.25) is 19.7 Å². The molecule has 1 amide bonds. The van der Waals surface area contributed by atoms with Gasteiger partial charge in [-0.1, -0.05) is 29.8 Å². The zero-order valence-electron chi connectivity index (χ0n) is 13.7. The van der Waals surface area contributed by atoms with Crippen molar-refractivity contribution >= 4 is 46.6 Å². The van der Waals surface area contributed by atoms with Crippen molar-refractivity contribution < 1.29 is 19.2 Å². The van der Waals surface area contributed by atoms with E-state index in [1.54, 1.807) is 24.3 Å². The molecule has 0 aliphatic rings. The molecular weight excluding hydrogens is 380 g/mol. The highest BCUT2D eigenvalue weighted by molar-refractivity contribution is 8.00. The number of thioether (sulfide) groups is 1. The Hall–Kier alpha value is -2.58. The summed E-state index contributed by atoms with van der Waals surface area (Å²) in [5.74, 6) is -1.16. The molecule has 1 atom stereocenters. The van der Waals surface area contributed by atoms with E-state index < -0.39 is 22.9 Å². The maximum Gasteiger partial charge on any atom is 0.317 e. The van der Waals surface area contributed by atoms with Gasteiger partial charge >= 0.3 is 5.97 Å². The van der Waals surface area contributed by atoms with Crippen LogP contribution in [0.25, 0.3) is 0 Å². The fourth-order valence-electron chi connectivity index (χ4n) is 1.92. The molecular formula is C17H15ClN2O5S. The summed E-state index contributed by atoms with van der Waals surface area (Å²) < 4.78 is 5.07. The first kappa shape index (κ1) is 19.7. The summed E-state index contributed by atoms with van der Waals surface area (Å²) in [4.78, 5) is 34.9. The lowest BCUT2D eigenvalue weighted by molar-refractivity contribution is -0.384. The van der Waals surface area contributed by atoms with Crippen LogP contribution in [-0.4, -0.2) is 28.7 Å². The van der Waals surface area contributed by atoms with Gasteiger partial charge in [0.2, 0.25) is 0 Å². The quantitative estimate of drug-likeness (QED) is 0.331. The lowest BCUT2D eigenvalue weighted by Gasteiger charge is -2.13. The molecule has 2 aromatic rings. The highest BCUT2D eigenvalue weighted by atomic mass is 35.5. The van der Waals surface area contributed by atoms with Crippen molar-refractivity contribution in [2.24, 2.45) is 0 Å². The Morgan fingerprint density at radius 3 is 2.69 bits per heavy atom. The van der Waals surface area contributed by atoms with Gasteiger partial charge in [0, 0.05) is 22.7 Å². The predicted octanol–water partition coefficient (Wildman–Crippen LogP) is 3.91. The Morgan fingerprint density at radius 1 is 1.27 bits per heavy atom. The van der Waals surface area contributed by atoms with Crippen LogP contribution in [0, 0.1) is 10.1 Å². The van der Waals surface area contributed by atoms with Gasteiger partial charge < -0.3 is 10.1 Å². The van der Waals surface area contributed by atoms with Gasteiger partial charge in [-0.05, 0) is 25.1 Å². The predicted molar refractivity (Wildman–Crippen MR) is 99.5 cm³/mol. The van der Waals surface area contributed by atoms with Crippen molar-refractivity contribution in [3.63, 3.8) is 0 Å². The Bertz CT molecular complexity index is 830. The largest absolute Gasteiger partial charge is 0.452 e. The molecule has 2 aromatic carbocycles. The van der Waals surface area contributed by atoms with Crippen LogP contribution in [-0.2, 0) is 14.3 Å². The summed E-state index contributed by atoms with van der Waals surface area (Å²) >= 11 is 7.21. The summed E-state index contributed by atoms with van der Waals surface area (Å²) in [6.07, 6.45) is -1.05. The van der Waals surface area contributed by atoms with Crippen LogP contribution in [0.1, 0.15) is 6.92 Å². The number of nitro benzene ring substituents is 1. The number of carbonyl (C=O) groups is 2. The van der Waals surface area contributed by atoms with Crippen LogP contribution in [0.15, 0.2) is 53.4 Å². The summed E-state index contributed by atoms with van der Waals surface area (Å²) in [5.41, 5.74) is 0.0983. The van der Waals surface area contributed by atoms with Crippen LogP contribution in [0.5, 0.6) is 0 Å². The van der Waals surface area contributed by atoms with Crippen molar-refractivity contribution in [1.29, 1.82) is 0 Å². The van der Waals surface area contributed by atoms with Gasteiger partial charge in [0.15, 0.2) is 6.10 Å². The third-order valence-corrected chi connectivity index (χ3v) is 4.67. The number of hydrogen-bond acceptors (Lipinski definition) is 6. The lowest BCUT2D eigenvalue weighted by atomic mass is 10.2. The van der Waals surface area contributed by atoms with E-state index in [9.17, 15) is 19.7 Å². The van der Waals surface area contributed by atoms with E-state index in [0.29, 0.717) is 5.02 Å². The topological polar surface area (TPSA) is 98.5 Å². The minimum Gasteiger partial charge on any atom is -0.452 e. The van der Waals surface area contributed by atoms with Gasteiger partial charge in [-0.2, -0.15) is 0 Å². The second-order valence-corrected chi connectivity index (χ2v) is 6.57. The molecule has 0 bridgehead atoms. The number of hydrogen-bond donors (Lipinski definition) is 1. The molecule has 0 saturated carbocycles. The molecule has 136 valence electrons. The SMILES string of the molecule is CC(OC(=O)CSc1ccccc1Cl)C(=O)Nc1cccc([N+](=O)[O-])c1. The minimum atomic E-state index is -1.05. The van der Waals surface area contributed by atoms with Gasteiger partial charge in [-0.25, -0.2) is 0 Å². The Kier molecular flexibility index (Phi) is 6.99. The molecule has 7 nitrogen and oxygen atoms in total. The molecule has 1 unspecified atom stereocenters. The molecule has 0 heterocycles. The number of rotatable bonds is 7. The monoisotopic (exact) mass is 394 g/mol.